The van der Waals surface area contributed by atoms with Crippen LogP contribution < -0.4 is 118 Å². The number of ether oxygens (including phenoxy) is 5. The third kappa shape index (κ3) is 16.8. The average molecular weight is 906 g/mol. The molecule has 0 spiro atoms. The van der Waals surface area contributed by atoms with Crippen LogP contribution in [-0.4, -0.2) is 73.9 Å². The number of hydrogen-bond donors (Lipinski definition) is 2. The summed E-state index contributed by atoms with van der Waals surface area (Å²) in [5, 5.41) is 33.2. The fourth-order valence-electron chi connectivity index (χ4n) is 6.46. The zero-order chi connectivity index (χ0) is 42.7. The Labute approximate surface area is 451 Å². The van der Waals surface area contributed by atoms with Crippen molar-refractivity contribution in [2.45, 2.75) is 56.8 Å². The summed E-state index contributed by atoms with van der Waals surface area (Å²) in [7, 11) is 0. The Morgan fingerprint density at radius 1 is 0.639 bits per heavy atom. The van der Waals surface area contributed by atoms with E-state index < -0.39 is 0 Å². The molecule has 4 aromatic rings. The number of alkyl halides is 1. The number of halogens is 1. The van der Waals surface area contributed by atoms with E-state index in [1.54, 1.807) is 24.3 Å². The van der Waals surface area contributed by atoms with Gasteiger partial charge in [-0.2, -0.15) is 0 Å². The summed E-state index contributed by atoms with van der Waals surface area (Å²) in [5.74, 6) is 3.03. The molecule has 13 heteroatoms. The number of hydrogen-bond acceptors (Lipinski definition) is 10. The van der Waals surface area contributed by atoms with Crippen molar-refractivity contribution >= 4 is 39.6 Å². The molecule has 4 aromatic carbocycles. The molecular weight excluding hydrogens is 850 g/mol. The maximum absolute atomic E-state index is 10.5. The van der Waals surface area contributed by atoms with Gasteiger partial charge >= 0.3 is 103 Å². The number of allylic oxidation sites excluding steroid dienone is 6. The van der Waals surface area contributed by atoms with E-state index in [0.29, 0.717) is 44.5 Å². The summed E-state index contributed by atoms with van der Waals surface area (Å²) >= 11 is 5.27. The Bertz CT molecular complexity index is 2120. The van der Waals surface area contributed by atoms with Gasteiger partial charge in [-0.25, -0.2) is 0 Å². The normalized spacial score (nSPS) is 16.1. The standard InChI is InChI=1S/C25H28O4.C19H20O2.C3H5ClO.CH2O3.2K.H/c1-4-7-17-12-23-20(22(9-6-3)25(17)29-16-19-14-27-19)10-11-24(21(23)8-5-2)28-15-18-13-26-18;1-4-7-13-12-17-14(16(9-6-3)19(13)21)10-11-18(20)15(17)8-5-2;4-1-3-2-5-3;2-1-4-3;;;/h4-6,10-12,18-19H,1-3,7-9,13-16H2;4-6,10-12,20-21H,1-3,7-9H2;3H,1-2H2;1,3H;;;/q;;;;2*+1;-1/p-1. The topological polar surface area (TPSA) is 146 Å². The van der Waals surface area contributed by atoms with E-state index in [9.17, 15) is 10.2 Å². The predicted molar refractivity (Wildman–Crippen MR) is 234 cm³/mol. The van der Waals surface area contributed by atoms with E-state index >= 15 is 0 Å². The third-order valence-corrected chi connectivity index (χ3v) is 9.81. The number of carbonyl (C=O) groups excluding carboxylic acids is 1. The van der Waals surface area contributed by atoms with Gasteiger partial charge in [0.15, 0.2) is 0 Å². The van der Waals surface area contributed by atoms with Crippen LogP contribution in [-0.2, 0) is 62.4 Å². The first kappa shape index (κ1) is 55.0. The zero-order valence-corrected chi connectivity index (χ0v) is 42.5. The summed E-state index contributed by atoms with van der Waals surface area (Å²) in [5.41, 5.74) is 5.90. The van der Waals surface area contributed by atoms with Crippen LogP contribution in [0.4, 0.5) is 0 Å². The molecule has 0 amide bonds. The van der Waals surface area contributed by atoms with Gasteiger partial charge in [0.1, 0.15) is 48.4 Å². The molecule has 3 fully saturated rings. The van der Waals surface area contributed by atoms with Gasteiger partial charge in [-0.05, 0) is 95.5 Å². The van der Waals surface area contributed by atoms with Gasteiger partial charge in [-0.15, -0.1) is 51.1 Å². The summed E-state index contributed by atoms with van der Waals surface area (Å²) < 4.78 is 27.7. The summed E-state index contributed by atoms with van der Waals surface area (Å²) in [6.07, 6.45) is 15.8. The summed E-state index contributed by atoms with van der Waals surface area (Å²) in [4.78, 5) is 11.2. The molecule has 316 valence electrons. The molecule has 0 bridgehead atoms. The Morgan fingerprint density at radius 3 is 1.59 bits per heavy atom. The molecule has 0 aliphatic carbocycles. The molecule has 61 heavy (non-hydrogen) atoms. The molecule has 3 heterocycles. The van der Waals surface area contributed by atoms with E-state index in [-0.39, 0.29) is 134 Å². The van der Waals surface area contributed by atoms with Crippen LogP contribution in [0, 0.1) is 0 Å². The minimum Gasteiger partial charge on any atom is -1.00 e. The van der Waals surface area contributed by atoms with E-state index in [1.807, 2.05) is 30.4 Å². The largest absolute Gasteiger partial charge is 1.00 e. The maximum atomic E-state index is 10.5. The number of phenols is 2. The Hall–Kier alpha value is -2.09. The molecule has 0 saturated carbocycles. The molecule has 3 unspecified atom stereocenters. The van der Waals surface area contributed by atoms with Crippen molar-refractivity contribution in [3.8, 4) is 23.0 Å². The first-order valence-corrected chi connectivity index (χ1v) is 19.9. The van der Waals surface area contributed by atoms with Crippen LogP contribution in [0.15, 0.2) is 112 Å². The molecule has 3 saturated heterocycles. The average Bonchev–Trinajstić information content (AvgIpc) is 4.09. The van der Waals surface area contributed by atoms with Crippen molar-refractivity contribution in [2.24, 2.45) is 0 Å². The number of rotatable bonds is 20. The first-order valence-electron chi connectivity index (χ1n) is 19.4. The molecule has 3 atom stereocenters. The first-order chi connectivity index (χ1) is 28.7. The van der Waals surface area contributed by atoms with Crippen LogP contribution >= 0.6 is 11.6 Å². The van der Waals surface area contributed by atoms with Crippen molar-refractivity contribution in [2.75, 3.05) is 38.9 Å². The Balaban J connectivity index is 0.000000510. The number of phenolic OH excluding ortho intramolecular Hbond substituents is 2. The van der Waals surface area contributed by atoms with Gasteiger partial charge in [0.2, 0.25) is 0 Å². The number of benzene rings is 4. The second-order valence-corrected chi connectivity index (χ2v) is 14.1. The van der Waals surface area contributed by atoms with Crippen molar-refractivity contribution in [3.05, 3.63) is 146 Å². The maximum Gasteiger partial charge on any atom is 1.00 e. The van der Waals surface area contributed by atoms with E-state index in [2.05, 4.69) is 62.6 Å². The van der Waals surface area contributed by atoms with Gasteiger partial charge < -0.3 is 45.5 Å². The van der Waals surface area contributed by atoms with Crippen LogP contribution in [0.25, 0.3) is 21.5 Å². The van der Waals surface area contributed by atoms with Crippen LogP contribution in [0.1, 0.15) is 34.8 Å². The number of aromatic hydroxyl groups is 2. The minimum absolute atomic E-state index is 0. The van der Waals surface area contributed by atoms with Gasteiger partial charge in [0.25, 0.3) is 6.47 Å². The fourth-order valence-corrected chi connectivity index (χ4v) is 6.64. The number of epoxide rings is 3. The van der Waals surface area contributed by atoms with Gasteiger partial charge in [0, 0.05) is 22.3 Å². The molecule has 0 aromatic heterocycles. The predicted octanol–water partition coefficient (Wildman–Crippen LogP) is 2.20. The quantitative estimate of drug-likeness (QED) is 0.0258. The second kappa shape index (κ2) is 29.4. The SMILES string of the molecule is C=CCc1cc2c(CC=C)c(O)ccc2c(CC=C)c1O.C=CCc1cc2c(CC=C)c(OCC3CO3)ccc2c(CC=C)c1OCC1CO1.ClCC1CO1.O=CO[O-].[H-].[K+].[K+]. The van der Waals surface area contributed by atoms with Crippen LogP contribution in [0.2, 0.25) is 0 Å². The molecule has 3 aliphatic rings. The molecule has 10 nitrogen and oxygen atoms in total. The molecule has 0 radical (unpaired) electrons. The molecule has 3 aliphatic heterocycles. The van der Waals surface area contributed by atoms with E-state index in [1.165, 1.54) is 5.39 Å². The van der Waals surface area contributed by atoms with Crippen molar-refractivity contribution in [1.29, 1.82) is 0 Å². The third-order valence-electron chi connectivity index (χ3n) is 9.47. The zero-order valence-electron chi connectivity index (χ0n) is 36.5. The fraction of sp³-hybridized carbons (Fsp3) is 0.312. The summed E-state index contributed by atoms with van der Waals surface area (Å²) in [6.45, 7) is 26.5. The Kier molecular flexibility index (Phi) is 26.5. The smallest absolute Gasteiger partial charge is 1.00 e. The monoisotopic (exact) mass is 904 g/mol. The molecule has 7 rings (SSSR count). The Morgan fingerprint density at radius 2 is 1.08 bits per heavy atom. The molecular formula is C48H55ClK2O10. The van der Waals surface area contributed by atoms with E-state index in [4.69, 9.17) is 45.3 Å². The van der Waals surface area contributed by atoms with Crippen LogP contribution in [0.3, 0.4) is 0 Å². The van der Waals surface area contributed by atoms with Crippen molar-refractivity contribution in [1.82, 2.24) is 0 Å². The van der Waals surface area contributed by atoms with Gasteiger partial charge in [-0.1, -0.05) is 48.6 Å². The van der Waals surface area contributed by atoms with Crippen molar-refractivity contribution in [3.63, 3.8) is 0 Å². The summed E-state index contributed by atoms with van der Waals surface area (Å²) in [6, 6.07) is 11.8. The second-order valence-electron chi connectivity index (χ2n) is 13.8. The van der Waals surface area contributed by atoms with Crippen LogP contribution in [0.5, 0.6) is 23.0 Å². The van der Waals surface area contributed by atoms with Gasteiger partial charge in [0.05, 0.1) is 31.8 Å². The van der Waals surface area contributed by atoms with Crippen molar-refractivity contribution < 1.29 is 153 Å². The minimum atomic E-state index is -0.181. The van der Waals surface area contributed by atoms with Gasteiger partial charge in [-0.3, -0.25) is 4.79 Å². The number of carbonyl (C=O) groups is 1. The number of fused-ring (bicyclic) bond motifs is 2. The molecule has 2 N–H and O–H groups in total. The van der Waals surface area contributed by atoms with E-state index in [0.717, 1.165) is 100 Å².